The second-order valence-corrected chi connectivity index (χ2v) is 2.86. The minimum atomic E-state index is -0.197. The molecule has 2 nitrogen and oxygen atoms in total. The molecule has 0 amide bonds. The topological polar surface area (TPSA) is 21.3 Å². The highest BCUT2D eigenvalue weighted by atomic mass is 19.1. The van der Waals surface area contributed by atoms with Crippen molar-refractivity contribution >= 4 is 0 Å². The van der Waals surface area contributed by atoms with Gasteiger partial charge in [-0.05, 0) is 24.1 Å². The molecule has 0 saturated carbocycles. The number of hydrogen-bond donors (Lipinski definition) is 1. The zero-order valence-corrected chi connectivity index (χ0v) is 6.59. The zero-order chi connectivity index (χ0) is 8.39. The Labute approximate surface area is 70.3 Å². The van der Waals surface area contributed by atoms with Gasteiger partial charge in [-0.3, -0.25) is 0 Å². The molecule has 2 rings (SSSR count). The van der Waals surface area contributed by atoms with Crippen molar-refractivity contribution in [2.24, 2.45) is 0 Å². The molecular weight excluding hydrogens is 157 g/mol. The molecule has 1 aromatic carbocycles. The van der Waals surface area contributed by atoms with Crippen LogP contribution in [-0.4, -0.2) is 6.61 Å². The smallest absolute Gasteiger partial charge is 0.123 e. The number of nitrogens with one attached hydrogen (secondary N) is 1. The Kier molecular flexibility index (Phi) is 2.06. The van der Waals surface area contributed by atoms with Crippen molar-refractivity contribution in [1.82, 2.24) is 5.48 Å². The number of hydroxylamine groups is 1. The summed E-state index contributed by atoms with van der Waals surface area (Å²) in [4.78, 5) is 5.00. The molecule has 64 valence electrons. The molecule has 1 saturated heterocycles. The first-order valence-electron chi connectivity index (χ1n) is 3.99. The van der Waals surface area contributed by atoms with E-state index in [0.717, 1.165) is 18.6 Å². The van der Waals surface area contributed by atoms with Crippen molar-refractivity contribution in [3.63, 3.8) is 0 Å². The first-order valence-corrected chi connectivity index (χ1v) is 3.99. The summed E-state index contributed by atoms with van der Waals surface area (Å²) in [5.74, 6) is -0.197. The normalized spacial score (nSPS) is 22.9. The van der Waals surface area contributed by atoms with E-state index in [1.165, 1.54) is 12.1 Å². The summed E-state index contributed by atoms with van der Waals surface area (Å²) in [5.41, 5.74) is 3.95. The molecule has 12 heavy (non-hydrogen) atoms. The van der Waals surface area contributed by atoms with Gasteiger partial charge in [0.1, 0.15) is 5.82 Å². The van der Waals surface area contributed by atoms with E-state index >= 15 is 0 Å². The largest absolute Gasteiger partial charge is 0.301 e. The fourth-order valence-electron chi connectivity index (χ4n) is 1.33. The Hall–Kier alpha value is -0.930. The molecule has 1 atom stereocenters. The highest BCUT2D eigenvalue weighted by molar-refractivity contribution is 5.19. The van der Waals surface area contributed by atoms with Gasteiger partial charge in [-0.2, -0.15) is 5.48 Å². The van der Waals surface area contributed by atoms with Crippen LogP contribution in [0.1, 0.15) is 18.0 Å². The maximum absolute atomic E-state index is 12.5. The summed E-state index contributed by atoms with van der Waals surface area (Å²) in [6.45, 7) is 0.724. The molecule has 0 bridgehead atoms. The van der Waals surface area contributed by atoms with Gasteiger partial charge in [-0.25, -0.2) is 4.39 Å². The Balaban J connectivity index is 2.17. The van der Waals surface area contributed by atoms with Gasteiger partial charge < -0.3 is 4.84 Å². The van der Waals surface area contributed by atoms with Gasteiger partial charge in [0.15, 0.2) is 0 Å². The van der Waals surface area contributed by atoms with Gasteiger partial charge in [-0.1, -0.05) is 12.1 Å². The van der Waals surface area contributed by atoms with E-state index in [1.807, 2.05) is 0 Å². The van der Waals surface area contributed by atoms with Gasteiger partial charge in [0.25, 0.3) is 0 Å². The lowest BCUT2D eigenvalue weighted by molar-refractivity contribution is 0.0883. The minimum Gasteiger partial charge on any atom is -0.301 e. The third-order valence-electron chi connectivity index (χ3n) is 2.01. The second-order valence-electron chi connectivity index (χ2n) is 2.86. The van der Waals surface area contributed by atoms with E-state index in [-0.39, 0.29) is 11.9 Å². The lowest BCUT2D eigenvalue weighted by Crippen LogP contribution is -2.11. The Morgan fingerprint density at radius 2 is 2.08 bits per heavy atom. The molecule has 0 aliphatic carbocycles. The molecule has 0 spiro atoms. The first kappa shape index (κ1) is 7.71. The molecule has 1 heterocycles. The Morgan fingerprint density at radius 1 is 1.33 bits per heavy atom. The lowest BCUT2D eigenvalue weighted by atomic mass is 10.1. The predicted octanol–water partition coefficient (Wildman–Crippen LogP) is 1.79. The van der Waals surface area contributed by atoms with Crippen LogP contribution in [0.4, 0.5) is 4.39 Å². The van der Waals surface area contributed by atoms with Crippen LogP contribution in [0.15, 0.2) is 24.3 Å². The molecule has 1 N–H and O–H groups in total. The molecule has 1 unspecified atom stereocenters. The summed E-state index contributed by atoms with van der Waals surface area (Å²) in [5, 5.41) is 0. The Morgan fingerprint density at radius 3 is 2.67 bits per heavy atom. The molecule has 1 aliphatic heterocycles. The van der Waals surface area contributed by atoms with Crippen molar-refractivity contribution in [1.29, 1.82) is 0 Å². The number of rotatable bonds is 1. The fourth-order valence-corrected chi connectivity index (χ4v) is 1.33. The monoisotopic (exact) mass is 167 g/mol. The van der Waals surface area contributed by atoms with Gasteiger partial charge in [0, 0.05) is 0 Å². The van der Waals surface area contributed by atoms with E-state index in [4.69, 9.17) is 4.84 Å². The van der Waals surface area contributed by atoms with E-state index in [1.54, 1.807) is 12.1 Å². The summed E-state index contributed by atoms with van der Waals surface area (Å²) in [7, 11) is 0. The molecule has 3 heteroatoms. The molecule has 0 radical (unpaired) electrons. The van der Waals surface area contributed by atoms with Crippen LogP contribution in [0.5, 0.6) is 0 Å². The van der Waals surface area contributed by atoms with Crippen molar-refractivity contribution in [2.75, 3.05) is 6.61 Å². The molecule has 1 aromatic rings. The second kappa shape index (κ2) is 3.21. The average molecular weight is 167 g/mol. The highest BCUT2D eigenvalue weighted by Crippen LogP contribution is 2.20. The standard InChI is InChI=1S/C9H10FNO/c10-8-3-1-7(2-4-8)9-5-6-12-11-9/h1-4,9,11H,5-6H2. The van der Waals surface area contributed by atoms with Gasteiger partial charge in [0.2, 0.25) is 0 Å². The summed E-state index contributed by atoms with van der Waals surface area (Å²) >= 11 is 0. The Bertz CT molecular complexity index is 254. The van der Waals surface area contributed by atoms with Crippen LogP contribution in [-0.2, 0) is 4.84 Å². The first-order chi connectivity index (χ1) is 5.86. The third-order valence-corrected chi connectivity index (χ3v) is 2.01. The van der Waals surface area contributed by atoms with Crippen LogP contribution >= 0.6 is 0 Å². The molecule has 0 aromatic heterocycles. The quantitative estimate of drug-likeness (QED) is 0.688. The van der Waals surface area contributed by atoms with E-state index < -0.39 is 0 Å². The summed E-state index contributed by atoms with van der Waals surface area (Å²) < 4.78 is 12.5. The van der Waals surface area contributed by atoms with Crippen molar-refractivity contribution in [3.8, 4) is 0 Å². The van der Waals surface area contributed by atoms with Crippen LogP contribution in [0, 0.1) is 5.82 Å². The minimum absolute atomic E-state index is 0.197. The zero-order valence-electron chi connectivity index (χ0n) is 6.59. The maximum atomic E-state index is 12.5. The number of halogens is 1. The van der Waals surface area contributed by atoms with Crippen LogP contribution < -0.4 is 5.48 Å². The maximum Gasteiger partial charge on any atom is 0.123 e. The average Bonchev–Trinajstić information content (AvgIpc) is 2.58. The number of hydrogen-bond acceptors (Lipinski definition) is 2. The molecule has 1 aliphatic rings. The van der Waals surface area contributed by atoms with E-state index in [2.05, 4.69) is 5.48 Å². The van der Waals surface area contributed by atoms with Gasteiger partial charge in [-0.15, -0.1) is 0 Å². The highest BCUT2D eigenvalue weighted by Gasteiger charge is 2.16. The van der Waals surface area contributed by atoms with E-state index in [0.29, 0.717) is 0 Å². The van der Waals surface area contributed by atoms with Crippen molar-refractivity contribution < 1.29 is 9.23 Å². The SMILES string of the molecule is Fc1ccc(C2CCON2)cc1. The predicted molar refractivity (Wildman–Crippen MR) is 42.8 cm³/mol. The fraction of sp³-hybridized carbons (Fsp3) is 0.333. The van der Waals surface area contributed by atoms with E-state index in [9.17, 15) is 4.39 Å². The summed E-state index contributed by atoms with van der Waals surface area (Å²) in [6.07, 6.45) is 0.950. The van der Waals surface area contributed by atoms with Crippen molar-refractivity contribution in [3.05, 3.63) is 35.6 Å². The van der Waals surface area contributed by atoms with Crippen LogP contribution in [0.25, 0.3) is 0 Å². The van der Waals surface area contributed by atoms with Gasteiger partial charge >= 0.3 is 0 Å². The third kappa shape index (κ3) is 1.47. The van der Waals surface area contributed by atoms with Crippen LogP contribution in [0.3, 0.4) is 0 Å². The van der Waals surface area contributed by atoms with Crippen LogP contribution in [0.2, 0.25) is 0 Å². The van der Waals surface area contributed by atoms with Crippen molar-refractivity contribution in [2.45, 2.75) is 12.5 Å². The number of benzene rings is 1. The summed E-state index contributed by atoms with van der Waals surface area (Å²) in [6, 6.07) is 6.72. The molecular formula is C9H10FNO. The lowest BCUT2D eigenvalue weighted by Gasteiger charge is -2.07. The van der Waals surface area contributed by atoms with Gasteiger partial charge in [0.05, 0.1) is 12.6 Å². The molecule has 1 fully saturated rings.